The molecule has 0 N–H and O–H groups in total. The molecule has 0 saturated heterocycles. The molecule has 3 heterocycles. The van der Waals surface area contributed by atoms with Crippen LogP contribution in [0.3, 0.4) is 0 Å². The summed E-state index contributed by atoms with van der Waals surface area (Å²) in [4.78, 5) is 6.53. The van der Waals surface area contributed by atoms with Gasteiger partial charge in [0, 0.05) is 18.9 Å². The summed E-state index contributed by atoms with van der Waals surface area (Å²) in [5.41, 5.74) is 2.03. The SMILES string of the molecule is CC(C)(C)n1nnnc1[C@@H](c1ccncc1)N(Cc1ccccc1)Cc1ccco1. The molecule has 0 unspecified atom stereocenters. The van der Waals surface area contributed by atoms with Crippen LogP contribution in [-0.2, 0) is 18.6 Å². The minimum Gasteiger partial charge on any atom is -0.468 e. The molecule has 1 aromatic carbocycles. The van der Waals surface area contributed by atoms with Crippen LogP contribution in [0.15, 0.2) is 77.7 Å². The summed E-state index contributed by atoms with van der Waals surface area (Å²) in [6.07, 6.45) is 5.32. The highest BCUT2D eigenvalue weighted by Crippen LogP contribution is 2.32. The molecule has 154 valence electrons. The second-order valence-electron chi connectivity index (χ2n) is 8.27. The van der Waals surface area contributed by atoms with Gasteiger partial charge in [-0.15, -0.1) is 5.10 Å². The highest BCUT2D eigenvalue weighted by atomic mass is 16.3. The number of benzene rings is 1. The van der Waals surface area contributed by atoms with E-state index in [9.17, 15) is 0 Å². The molecule has 0 spiro atoms. The minimum absolute atomic E-state index is 0.174. The third-order valence-electron chi connectivity index (χ3n) is 4.93. The van der Waals surface area contributed by atoms with E-state index in [-0.39, 0.29) is 11.6 Å². The monoisotopic (exact) mass is 402 g/mol. The number of aromatic nitrogens is 5. The van der Waals surface area contributed by atoms with E-state index >= 15 is 0 Å². The normalized spacial score (nSPS) is 12.9. The zero-order chi connectivity index (χ0) is 21.0. The van der Waals surface area contributed by atoms with E-state index in [4.69, 9.17) is 4.42 Å². The summed E-state index contributed by atoms with van der Waals surface area (Å²) in [7, 11) is 0. The van der Waals surface area contributed by atoms with Crippen molar-refractivity contribution in [1.82, 2.24) is 30.1 Å². The standard InChI is InChI=1S/C23H26N6O/c1-23(2,3)29-22(25-26-27-29)21(19-11-13-24-14-12-19)28(17-20-10-7-15-30-20)16-18-8-5-4-6-9-18/h4-15,21H,16-17H2,1-3H3/t21-/m1/s1. The van der Waals surface area contributed by atoms with Gasteiger partial charge in [0.1, 0.15) is 5.76 Å². The van der Waals surface area contributed by atoms with Crippen molar-refractivity contribution in [2.45, 2.75) is 45.4 Å². The van der Waals surface area contributed by atoms with Crippen molar-refractivity contribution in [2.75, 3.05) is 0 Å². The quantitative estimate of drug-likeness (QED) is 0.461. The lowest BCUT2D eigenvalue weighted by Gasteiger charge is -2.32. The maximum Gasteiger partial charge on any atom is 0.173 e. The van der Waals surface area contributed by atoms with Crippen LogP contribution in [-0.4, -0.2) is 30.1 Å². The molecule has 0 aliphatic rings. The molecule has 0 radical (unpaired) electrons. The van der Waals surface area contributed by atoms with Gasteiger partial charge < -0.3 is 4.42 Å². The van der Waals surface area contributed by atoms with Gasteiger partial charge in [0.05, 0.1) is 24.4 Å². The fraction of sp³-hybridized carbons (Fsp3) is 0.304. The van der Waals surface area contributed by atoms with E-state index in [0.29, 0.717) is 13.1 Å². The number of pyridine rings is 1. The van der Waals surface area contributed by atoms with E-state index in [1.165, 1.54) is 5.56 Å². The first kappa shape index (κ1) is 20.0. The van der Waals surface area contributed by atoms with Gasteiger partial charge in [0.15, 0.2) is 5.82 Å². The smallest absolute Gasteiger partial charge is 0.173 e. The predicted octanol–water partition coefficient (Wildman–Crippen LogP) is 4.21. The van der Waals surface area contributed by atoms with Crippen molar-refractivity contribution < 1.29 is 4.42 Å². The molecule has 4 rings (SSSR count). The Kier molecular flexibility index (Phi) is 5.72. The number of furan rings is 1. The molecule has 0 aliphatic carbocycles. The molecular weight excluding hydrogens is 376 g/mol. The average Bonchev–Trinajstić information content (AvgIpc) is 3.42. The Morgan fingerprint density at radius 3 is 2.40 bits per heavy atom. The fourth-order valence-electron chi connectivity index (χ4n) is 3.57. The van der Waals surface area contributed by atoms with Gasteiger partial charge in [-0.2, -0.15) is 0 Å². The molecule has 0 amide bonds. The van der Waals surface area contributed by atoms with E-state index in [0.717, 1.165) is 17.1 Å². The van der Waals surface area contributed by atoms with Crippen molar-refractivity contribution in [3.63, 3.8) is 0 Å². The van der Waals surface area contributed by atoms with E-state index in [1.54, 1.807) is 18.7 Å². The van der Waals surface area contributed by atoms with Crippen LogP contribution in [0.5, 0.6) is 0 Å². The van der Waals surface area contributed by atoms with Crippen molar-refractivity contribution in [3.8, 4) is 0 Å². The Hall–Kier alpha value is -3.32. The van der Waals surface area contributed by atoms with Gasteiger partial charge in [0.2, 0.25) is 0 Å². The van der Waals surface area contributed by atoms with Crippen molar-refractivity contribution in [2.24, 2.45) is 0 Å². The maximum atomic E-state index is 5.69. The lowest BCUT2D eigenvalue weighted by molar-refractivity contribution is 0.172. The summed E-state index contributed by atoms with van der Waals surface area (Å²) in [6, 6.07) is 18.2. The van der Waals surface area contributed by atoms with Gasteiger partial charge in [-0.05, 0) is 66.6 Å². The van der Waals surface area contributed by atoms with Gasteiger partial charge in [-0.1, -0.05) is 30.3 Å². The van der Waals surface area contributed by atoms with Crippen LogP contribution < -0.4 is 0 Å². The molecule has 7 nitrogen and oxygen atoms in total. The summed E-state index contributed by atoms with van der Waals surface area (Å²) in [5.74, 6) is 1.68. The Labute approximate surface area is 176 Å². The third kappa shape index (κ3) is 4.46. The molecule has 1 atom stereocenters. The highest BCUT2D eigenvalue weighted by molar-refractivity contribution is 5.24. The summed E-state index contributed by atoms with van der Waals surface area (Å²) < 4.78 is 7.59. The van der Waals surface area contributed by atoms with Gasteiger partial charge in [0.25, 0.3) is 0 Å². The average molecular weight is 403 g/mol. The highest BCUT2D eigenvalue weighted by Gasteiger charge is 2.32. The van der Waals surface area contributed by atoms with Crippen LogP contribution >= 0.6 is 0 Å². The van der Waals surface area contributed by atoms with Gasteiger partial charge in [-0.3, -0.25) is 9.88 Å². The first-order valence-corrected chi connectivity index (χ1v) is 10.0. The number of rotatable bonds is 7. The van der Waals surface area contributed by atoms with Crippen LogP contribution in [0.2, 0.25) is 0 Å². The first-order valence-electron chi connectivity index (χ1n) is 10.0. The Morgan fingerprint density at radius 2 is 1.73 bits per heavy atom. The molecule has 0 aliphatic heterocycles. The fourth-order valence-corrected chi connectivity index (χ4v) is 3.57. The second-order valence-corrected chi connectivity index (χ2v) is 8.27. The Balaban J connectivity index is 1.82. The molecular formula is C23H26N6O. The zero-order valence-corrected chi connectivity index (χ0v) is 17.5. The number of hydrogen-bond acceptors (Lipinski definition) is 6. The lowest BCUT2D eigenvalue weighted by atomic mass is 10.0. The third-order valence-corrected chi connectivity index (χ3v) is 4.93. The van der Waals surface area contributed by atoms with E-state index < -0.39 is 0 Å². The lowest BCUT2D eigenvalue weighted by Crippen LogP contribution is -2.34. The molecule has 7 heteroatoms. The van der Waals surface area contributed by atoms with E-state index in [2.05, 4.69) is 70.4 Å². The van der Waals surface area contributed by atoms with Crippen molar-refractivity contribution in [1.29, 1.82) is 0 Å². The summed E-state index contributed by atoms with van der Waals surface area (Å²) >= 11 is 0. The number of tetrazole rings is 1. The van der Waals surface area contributed by atoms with Crippen LogP contribution in [0.1, 0.15) is 49.5 Å². The van der Waals surface area contributed by atoms with Crippen LogP contribution in [0, 0.1) is 0 Å². The molecule has 0 saturated carbocycles. The second kappa shape index (κ2) is 8.59. The van der Waals surface area contributed by atoms with Crippen molar-refractivity contribution in [3.05, 3.63) is 96.0 Å². The minimum atomic E-state index is -0.257. The predicted molar refractivity (Wildman–Crippen MR) is 113 cm³/mol. The zero-order valence-electron chi connectivity index (χ0n) is 17.5. The van der Waals surface area contributed by atoms with Crippen molar-refractivity contribution >= 4 is 0 Å². The Morgan fingerprint density at radius 1 is 0.967 bits per heavy atom. The number of nitrogens with zero attached hydrogens (tertiary/aromatic N) is 6. The Bertz CT molecular complexity index is 1040. The van der Waals surface area contributed by atoms with Gasteiger partial charge in [-0.25, -0.2) is 4.68 Å². The topological polar surface area (TPSA) is 72.9 Å². The largest absolute Gasteiger partial charge is 0.468 e. The maximum absolute atomic E-state index is 5.69. The molecule has 0 bridgehead atoms. The van der Waals surface area contributed by atoms with Gasteiger partial charge >= 0.3 is 0 Å². The molecule has 0 fully saturated rings. The summed E-state index contributed by atoms with van der Waals surface area (Å²) in [6.45, 7) is 7.64. The van der Waals surface area contributed by atoms with Crippen LogP contribution in [0.4, 0.5) is 0 Å². The first-order chi connectivity index (χ1) is 14.5. The molecule has 3 aromatic heterocycles. The van der Waals surface area contributed by atoms with E-state index in [1.807, 2.05) is 35.0 Å². The molecule has 4 aromatic rings. The molecule has 30 heavy (non-hydrogen) atoms. The van der Waals surface area contributed by atoms with Crippen LogP contribution in [0.25, 0.3) is 0 Å². The number of hydrogen-bond donors (Lipinski definition) is 0. The summed E-state index contributed by atoms with van der Waals surface area (Å²) in [5, 5.41) is 12.8.